The fraction of sp³-hybridized carbons (Fsp3) is 1.00. The molecule has 0 aromatic rings. The van der Waals surface area contributed by atoms with E-state index < -0.39 is 7.60 Å². The Labute approximate surface area is 191 Å². The molecule has 2 atom stereocenters. The summed E-state index contributed by atoms with van der Waals surface area (Å²) in [6.45, 7) is 1.82. The maximum absolute atomic E-state index is 12.2. The third-order valence-corrected chi connectivity index (χ3v) is 7.17. The SMILES string of the molecule is [B]C[C@H]1COP(=O)(OCCCOCCCCCCCCCCCCCCCCF)CO1. The number of unbranched alkanes of at least 4 members (excludes halogenated alkanes) is 13. The molecule has 1 aliphatic heterocycles. The first kappa shape index (κ1) is 29.1. The predicted octanol–water partition coefficient (Wildman–Crippen LogP) is 6.99. The molecule has 182 valence electrons. The van der Waals surface area contributed by atoms with E-state index in [2.05, 4.69) is 0 Å². The summed E-state index contributed by atoms with van der Waals surface area (Å²) >= 11 is 0. The average molecular weight is 462 g/mol. The van der Waals surface area contributed by atoms with Gasteiger partial charge in [0.1, 0.15) is 6.35 Å². The Morgan fingerprint density at radius 1 is 0.774 bits per heavy atom. The third kappa shape index (κ3) is 17.2. The normalized spacial score (nSPS) is 21.5. The molecule has 31 heavy (non-hydrogen) atoms. The van der Waals surface area contributed by atoms with Crippen LogP contribution in [0.2, 0.25) is 6.32 Å². The van der Waals surface area contributed by atoms with E-state index in [1.807, 2.05) is 0 Å². The highest BCUT2D eigenvalue weighted by Gasteiger charge is 2.32. The lowest BCUT2D eigenvalue weighted by Crippen LogP contribution is -2.26. The second-order valence-electron chi connectivity index (χ2n) is 8.50. The van der Waals surface area contributed by atoms with Gasteiger partial charge in [-0.1, -0.05) is 83.4 Å². The summed E-state index contributed by atoms with van der Waals surface area (Å²) in [6, 6.07) is 0. The minimum Gasteiger partial charge on any atom is -0.381 e. The van der Waals surface area contributed by atoms with Gasteiger partial charge >= 0.3 is 7.60 Å². The first-order valence-corrected chi connectivity index (χ1v) is 14.3. The fourth-order valence-electron chi connectivity index (χ4n) is 3.58. The minimum atomic E-state index is -3.10. The molecule has 0 spiro atoms. The lowest BCUT2D eigenvalue weighted by Gasteiger charge is -2.28. The molecule has 1 rings (SSSR count). The van der Waals surface area contributed by atoms with E-state index in [1.54, 1.807) is 0 Å². The summed E-state index contributed by atoms with van der Waals surface area (Å²) in [5.41, 5.74) is 0. The highest BCUT2D eigenvalue weighted by atomic mass is 31.2. The Hall–Kier alpha value is 0.0649. The van der Waals surface area contributed by atoms with E-state index in [-0.39, 0.29) is 25.7 Å². The number of ether oxygens (including phenoxy) is 2. The van der Waals surface area contributed by atoms with Gasteiger partial charge in [0.05, 0.1) is 33.8 Å². The number of hydrogen-bond acceptors (Lipinski definition) is 5. The largest absolute Gasteiger partial charge is 0.381 e. The van der Waals surface area contributed by atoms with Crippen molar-refractivity contribution in [2.75, 3.05) is 39.5 Å². The molecule has 0 aromatic heterocycles. The molecule has 1 aliphatic rings. The number of halogens is 1. The third-order valence-electron chi connectivity index (χ3n) is 5.58. The topological polar surface area (TPSA) is 54.0 Å². The van der Waals surface area contributed by atoms with E-state index >= 15 is 0 Å². The first-order valence-electron chi connectivity index (χ1n) is 12.5. The number of alkyl halides is 1. The van der Waals surface area contributed by atoms with Crippen LogP contribution in [0.4, 0.5) is 4.39 Å². The second kappa shape index (κ2) is 20.7. The molecule has 1 unspecified atom stereocenters. The van der Waals surface area contributed by atoms with Crippen molar-refractivity contribution in [3.05, 3.63) is 0 Å². The van der Waals surface area contributed by atoms with Gasteiger partial charge in [0, 0.05) is 13.2 Å². The maximum atomic E-state index is 12.2. The Bertz CT molecular complexity index is 432. The van der Waals surface area contributed by atoms with Crippen LogP contribution in [0.3, 0.4) is 0 Å². The lowest BCUT2D eigenvalue weighted by atomic mass is 10.0. The number of rotatable bonds is 22. The van der Waals surface area contributed by atoms with Crippen LogP contribution in [0.1, 0.15) is 96.3 Å². The molecule has 1 fully saturated rings. The molecule has 8 heteroatoms. The average Bonchev–Trinajstić information content (AvgIpc) is 2.78. The van der Waals surface area contributed by atoms with Crippen molar-refractivity contribution >= 4 is 15.4 Å². The smallest absolute Gasteiger partial charge is 0.356 e. The van der Waals surface area contributed by atoms with Crippen molar-refractivity contribution in [2.24, 2.45) is 0 Å². The highest BCUT2D eigenvalue weighted by molar-refractivity contribution is 7.53. The van der Waals surface area contributed by atoms with Crippen molar-refractivity contribution in [2.45, 2.75) is 109 Å². The van der Waals surface area contributed by atoms with Gasteiger partial charge < -0.3 is 18.5 Å². The van der Waals surface area contributed by atoms with E-state index in [0.29, 0.717) is 26.0 Å². The molecule has 2 radical (unpaired) electrons. The molecule has 0 amide bonds. The van der Waals surface area contributed by atoms with Gasteiger partial charge in [0.15, 0.2) is 0 Å². The van der Waals surface area contributed by atoms with Crippen LogP contribution in [0, 0.1) is 0 Å². The summed E-state index contributed by atoms with van der Waals surface area (Å²) in [4.78, 5) is 0. The lowest BCUT2D eigenvalue weighted by molar-refractivity contribution is 0.00384. The van der Waals surface area contributed by atoms with Crippen molar-refractivity contribution in [3.8, 4) is 0 Å². The van der Waals surface area contributed by atoms with Crippen LogP contribution >= 0.6 is 7.60 Å². The number of hydrogen-bond donors (Lipinski definition) is 0. The van der Waals surface area contributed by atoms with Crippen LogP contribution in [-0.2, 0) is 23.1 Å². The Morgan fingerprint density at radius 3 is 1.77 bits per heavy atom. The van der Waals surface area contributed by atoms with E-state index in [4.69, 9.17) is 26.4 Å². The molecule has 1 saturated heterocycles. The van der Waals surface area contributed by atoms with Crippen molar-refractivity contribution < 1.29 is 27.5 Å². The fourth-order valence-corrected chi connectivity index (χ4v) is 4.99. The summed E-state index contributed by atoms with van der Waals surface area (Å²) in [7, 11) is 2.38. The van der Waals surface area contributed by atoms with Gasteiger partial charge in [-0.25, -0.2) is 0 Å². The zero-order chi connectivity index (χ0) is 22.5. The second-order valence-corrected chi connectivity index (χ2v) is 10.5. The molecule has 5 nitrogen and oxygen atoms in total. The van der Waals surface area contributed by atoms with E-state index in [1.165, 1.54) is 70.6 Å². The van der Waals surface area contributed by atoms with Gasteiger partial charge in [-0.3, -0.25) is 8.96 Å². The van der Waals surface area contributed by atoms with Gasteiger partial charge in [0.2, 0.25) is 0 Å². The van der Waals surface area contributed by atoms with Crippen molar-refractivity contribution in [3.63, 3.8) is 0 Å². The molecular formula is C23H45BFO5P. The minimum absolute atomic E-state index is 0.0155. The predicted molar refractivity (Wildman–Crippen MR) is 126 cm³/mol. The van der Waals surface area contributed by atoms with Gasteiger partial charge in [-0.05, 0) is 19.3 Å². The van der Waals surface area contributed by atoms with Crippen LogP contribution in [0.15, 0.2) is 0 Å². The van der Waals surface area contributed by atoms with Crippen LogP contribution in [0.25, 0.3) is 0 Å². The van der Waals surface area contributed by atoms with Gasteiger partial charge in [-0.2, -0.15) is 0 Å². The summed E-state index contributed by atoms with van der Waals surface area (Å²) < 4.78 is 45.8. The maximum Gasteiger partial charge on any atom is 0.356 e. The molecule has 0 N–H and O–H groups in total. The zero-order valence-electron chi connectivity index (χ0n) is 19.6. The first-order chi connectivity index (χ1) is 15.2. The van der Waals surface area contributed by atoms with Gasteiger partial charge in [0.25, 0.3) is 0 Å². The quantitative estimate of drug-likeness (QED) is 0.0986. The van der Waals surface area contributed by atoms with Crippen molar-refractivity contribution in [1.82, 2.24) is 0 Å². The Kier molecular flexibility index (Phi) is 19.4. The molecular weight excluding hydrogens is 417 g/mol. The van der Waals surface area contributed by atoms with Crippen LogP contribution in [0.5, 0.6) is 0 Å². The zero-order valence-corrected chi connectivity index (χ0v) is 20.5. The molecule has 1 heterocycles. The Morgan fingerprint density at radius 2 is 1.29 bits per heavy atom. The van der Waals surface area contributed by atoms with E-state index in [9.17, 15) is 8.96 Å². The van der Waals surface area contributed by atoms with Gasteiger partial charge in [-0.15, -0.1) is 0 Å². The summed E-state index contributed by atoms with van der Waals surface area (Å²) in [5, 5.41) is 0. The molecule has 0 saturated carbocycles. The monoisotopic (exact) mass is 462 g/mol. The standard InChI is InChI=1S/C23H45BFO5P/c24-20-23-21-30-31(26,22-28-23)29-19-15-18-27-17-14-12-10-8-6-4-2-1-3-5-7-9-11-13-16-25/h23H,1-22H2/t23-,31?/m0/s1. The molecule has 0 aromatic carbocycles. The van der Waals surface area contributed by atoms with Crippen LogP contribution in [-0.4, -0.2) is 53.4 Å². The molecule has 0 aliphatic carbocycles. The summed E-state index contributed by atoms with van der Waals surface area (Å²) in [5.74, 6) is 0. The summed E-state index contributed by atoms with van der Waals surface area (Å²) in [6.07, 6.45) is 18.1. The molecule has 0 bridgehead atoms. The highest BCUT2D eigenvalue weighted by Crippen LogP contribution is 2.51. The van der Waals surface area contributed by atoms with Crippen molar-refractivity contribution in [1.29, 1.82) is 0 Å². The Balaban J connectivity index is 1.72. The van der Waals surface area contributed by atoms with E-state index in [0.717, 1.165) is 25.9 Å². The van der Waals surface area contributed by atoms with Crippen LogP contribution < -0.4 is 0 Å².